The van der Waals surface area contributed by atoms with Crippen molar-refractivity contribution in [2.24, 2.45) is 0 Å². The first-order chi connectivity index (χ1) is 20.2. The Balaban J connectivity index is 1.33. The lowest BCUT2D eigenvalue weighted by molar-refractivity contribution is 0.667. The number of rotatable bonds is 3. The first kappa shape index (κ1) is 23.5. The molecule has 3 aromatic heterocycles. The summed E-state index contributed by atoms with van der Waals surface area (Å²) < 4.78 is 12.4. The van der Waals surface area contributed by atoms with Crippen LogP contribution in [0.4, 0.5) is 17.1 Å². The average Bonchev–Trinajstić information content (AvgIpc) is 3.68. The van der Waals surface area contributed by atoms with E-state index in [4.69, 9.17) is 4.42 Å². The van der Waals surface area contributed by atoms with Gasteiger partial charge in [-0.1, -0.05) is 60.7 Å². The molecule has 2 nitrogen and oxygen atoms in total. The molecule has 41 heavy (non-hydrogen) atoms. The second-order valence-corrected chi connectivity index (χ2v) is 13.3. The molecule has 9 aromatic rings. The Kier molecular flexibility index (Phi) is 5.12. The summed E-state index contributed by atoms with van der Waals surface area (Å²) in [5.74, 6) is 0. The Bertz CT molecular complexity index is 2470. The number of thiophene rings is 2. The van der Waals surface area contributed by atoms with Gasteiger partial charge in [0.15, 0.2) is 0 Å². The number of para-hydroxylation sites is 1. The van der Waals surface area contributed by atoms with Crippen LogP contribution < -0.4 is 4.90 Å². The summed E-state index contributed by atoms with van der Waals surface area (Å²) in [5, 5.41) is 7.40. The standard InChI is InChI=1S/C36H20BrNOS2/c37-30-19-23(18-29-24-7-1-4-10-31(24)39-36(29)30)38(21-14-16-34-28(17-21)26-9-3-6-12-33(26)40-34)22-13-15-27-25-8-2-5-11-32(25)41-35(27)20-22/h1-20H. The third-order valence-electron chi connectivity index (χ3n) is 7.91. The van der Waals surface area contributed by atoms with Gasteiger partial charge < -0.3 is 9.32 Å². The van der Waals surface area contributed by atoms with Crippen LogP contribution in [0.1, 0.15) is 0 Å². The Hall–Kier alpha value is -4.16. The van der Waals surface area contributed by atoms with Crippen molar-refractivity contribution < 1.29 is 4.42 Å². The normalized spacial score (nSPS) is 12.0. The number of hydrogen-bond acceptors (Lipinski definition) is 4. The molecule has 0 fully saturated rings. The second kappa shape index (κ2) is 8.92. The smallest absolute Gasteiger partial charge is 0.149 e. The maximum Gasteiger partial charge on any atom is 0.149 e. The topological polar surface area (TPSA) is 16.4 Å². The summed E-state index contributed by atoms with van der Waals surface area (Å²) >= 11 is 7.55. The van der Waals surface area contributed by atoms with E-state index in [1.54, 1.807) is 0 Å². The van der Waals surface area contributed by atoms with Crippen LogP contribution in [0, 0.1) is 0 Å². The number of furan rings is 1. The lowest BCUT2D eigenvalue weighted by atomic mass is 10.1. The summed E-state index contributed by atoms with van der Waals surface area (Å²) in [4.78, 5) is 2.38. The Morgan fingerprint density at radius 2 is 1.05 bits per heavy atom. The molecule has 0 unspecified atom stereocenters. The lowest BCUT2D eigenvalue weighted by Crippen LogP contribution is -2.09. The SMILES string of the molecule is Brc1cc(N(c2ccc3c(c2)sc2ccccc23)c2ccc3sc4ccccc4c3c2)cc2c1oc1ccccc12. The Morgan fingerprint density at radius 1 is 0.463 bits per heavy atom. The molecule has 6 aromatic carbocycles. The van der Waals surface area contributed by atoms with Gasteiger partial charge in [-0.05, 0) is 76.6 Å². The zero-order valence-electron chi connectivity index (χ0n) is 21.6. The van der Waals surface area contributed by atoms with Gasteiger partial charge in [0, 0.05) is 68.2 Å². The number of nitrogens with zero attached hydrogens (tertiary/aromatic N) is 1. The van der Waals surface area contributed by atoms with Gasteiger partial charge in [0.1, 0.15) is 11.2 Å². The second-order valence-electron chi connectivity index (χ2n) is 10.3. The van der Waals surface area contributed by atoms with Gasteiger partial charge in [-0.2, -0.15) is 0 Å². The fourth-order valence-corrected chi connectivity index (χ4v) is 8.81. The molecule has 0 saturated carbocycles. The number of fused-ring (bicyclic) bond motifs is 9. The molecule has 0 aliphatic rings. The van der Waals surface area contributed by atoms with Crippen LogP contribution in [0.5, 0.6) is 0 Å². The Morgan fingerprint density at radius 3 is 1.88 bits per heavy atom. The number of hydrogen-bond donors (Lipinski definition) is 0. The minimum absolute atomic E-state index is 0.870. The van der Waals surface area contributed by atoms with Gasteiger partial charge >= 0.3 is 0 Å². The van der Waals surface area contributed by atoms with Gasteiger partial charge in [-0.3, -0.25) is 0 Å². The highest BCUT2D eigenvalue weighted by Gasteiger charge is 2.20. The first-order valence-corrected chi connectivity index (χ1v) is 15.9. The van der Waals surface area contributed by atoms with Crippen LogP contribution in [0.2, 0.25) is 0 Å². The van der Waals surface area contributed by atoms with E-state index < -0.39 is 0 Å². The van der Waals surface area contributed by atoms with Crippen molar-refractivity contribution in [3.63, 3.8) is 0 Å². The van der Waals surface area contributed by atoms with Crippen LogP contribution in [-0.2, 0) is 0 Å². The van der Waals surface area contributed by atoms with E-state index in [9.17, 15) is 0 Å². The summed E-state index contributed by atoms with van der Waals surface area (Å²) in [6.07, 6.45) is 0. The zero-order valence-corrected chi connectivity index (χ0v) is 24.8. The number of anilines is 3. The molecule has 0 radical (unpaired) electrons. The monoisotopic (exact) mass is 625 g/mol. The quantitative estimate of drug-likeness (QED) is 0.194. The van der Waals surface area contributed by atoms with Gasteiger partial charge in [0.25, 0.3) is 0 Å². The fraction of sp³-hybridized carbons (Fsp3) is 0. The summed E-state index contributed by atoms with van der Waals surface area (Å²) in [7, 11) is 0. The van der Waals surface area contributed by atoms with Crippen LogP contribution in [0.25, 0.3) is 62.3 Å². The number of benzene rings is 6. The zero-order chi connectivity index (χ0) is 27.1. The molecule has 0 aliphatic carbocycles. The van der Waals surface area contributed by atoms with Crippen molar-refractivity contribution in [1.29, 1.82) is 0 Å². The average molecular weight is 627 g/mol. The molecule has 0 N–H and O–H groups in total. The molecular formula is C36H20BrNOS2. The fourth-order valence-electron chi connectivity index (χ4n) is 6.05. The molecule has 0 atom stereocenters. The van der Waals surface area contributed by atoms with Gasteiger partial charge in [0.2, 0.25) is 0 Å². The molecule has 5 heteroatoms. The highest BCUT2D eigenvalue weighted by atomic mass is 79.9. The lowest BCUT2D eigenvalue weighted by Gasteiger charge is -2.26. The molecular weight excluding hydrogens is 606 g/mol. The molecule has 0 saturated heterocycles. The van der Waals surface area contributed by atoms with Crippen molar-refractivity contribution in [3.05, 3.63) is 126 Å². The predicted molar refractivity (Wildman–Crippen MR) is 182 cm³/mol. The molecule has 0 bridgehead atoms. The van der Waals surface area contributed by atoms with Gasteiger partial charge in [0.05, 0.1) is 4.47 Å². The minimum Gasteiger partial charge on any atom is -0.455 e. The number of halogens is 1. The maximum absolute atomic E-state index is 6.25. The van der Waals surface area contributed by atoms with Crippen molar-refractivity contribution in [3.8, 4) is 0 Å². The van der Waals surface area contributed by atoms with E-state index in [-0.39, 0.29) is 0 Å². The molecule has 0 spiro atoms. The summed E-state index contributed by atoms with van der Waals surface area (Å²) in [6, 6.07) is 43.8. The molecule has 0 aliphatic heterocycles. The van der Waals surface area contributed by atoms with Gasteiger partial charge in [-0.15, -0.1) is 22.7 Å². The van der Waals surface area contributed by atoms with E-state index in [0.29, 0.717) is 0 Å². The molecule has 0 amide bonds. The van der Waals surface area contributed by atoms with Gasteiger partial charge in [-0.25, -0.2) is 0 Å². The van der Waals surface area contributed by atoms with E-state index in [0.717, 1.165) is 43.5 Å². The van der Waals surface area contributed by atoms with Crippen molar-refractivity contribution >= 4 is 118 Å². The molecule has 194 valence electrons. The maximum atomic E-state index is 6.25. The van der Waals surface area contributed by atoms with Crippen LogP contribution in [-0.4, -0.2) is 0 Å². The van der Waals surface area contributed by atoms with Crippen LogP contribution in [0.15, 0.2) is 130 Å². The van der Waals surface area contributed by atoms with Crippen LogP contribution >= 0.6 is 38.6 Å². The highest BCUT2D eigenvalue weighted by molar-refractivity contribution is 9.10. The first-order valence-electron chi connectivity index (χ1n) is 13.4. The van der Waals surface area contributed by atoms with Crippen molar-refractivity contribution in [2.75, 3.05) is 4.90 Å². The molecule has 3 heterocycles. The van der Waals surface area contributed by atoms with Crippen molar-refractivity contribution in [2.45, 2.75) is 0 Å². The Labute approximate surface area is 251 Å². The van der Waals surface area contributed by atoms with E-state index >= 15 is 0 Å². The summed E-state index contributed by atoms with van der Waals surface area (Å²) in [6.45, 7) is 0. The third-order valence-corrected chi connectivity index (χ3v) is 10.8. The van der Waals surface area contributed by atoms with E-state index in [1.165, 1.54) is 40.3 Å². The van der Waals surface area contributed by atoms with Crippen molar-refractivity contribution in [1.82, 2.24) is 0 Å². The van der Waals surface area contributed by atoms with Crippen LogP contribution in [0.3, 0.4) is 0 Å². The third kappa shape index (κ3) is 3.60. The highest BCUT2D eigenvalue weighted by Crippen LogP contribution is 2.45. The predicted octanol–water partition coefficient (Wildman–Crippen LogP) is 12.6. The van der Waals surface area contributed by atoms with E-state index in [2.05, 4.69) is 130 Å². The summed E-state index contributed by atoms with van der Waals surface area (Å²) in [5.41, 5.74) is 5.09. The van der Waals surface area contributed by atoms with E-state index in [1.807, 2.05) is 34.8 Å². The minimum atomic E-state index is 0.870. The molecule has 9 rings (SSSR count). The largest absolute Gasteiger partial charge is 0.455 e.